The van der Waals surface area contributed by atoms with Crippen LogP contribution in [0.4, 0.5) is 5.69 Å². The Morgan fingerprint density at radius 3 is 2.90 bits per heavy atom. The number of piperidine rings is 1. The maximum absolute atomic E-state index is 11.3. The predicted octanol–water partition coefficient (Wildman–Crippen LogP) is 2.56. The van der Waals surface area contributed by atoms with Crippen LogP contribution in [0.15, 0.2) is 28.7 Å². The molecule has 0 amide bonds. The molecule has 1 aromatic carbocycles. The number of esters is 1. The summed E-state index contributed by atoms with van der Waals surface area (Å²) >= 11 is 3.59. The number of benzene rings is 1. The molecule has 4 nitrogen and oxygen atoms in total. The molecule has 1 saturated heterocycles. The molecule has 2 unspecified atom stereocenters. The number of para-hydroxylation sites is 1. The second kappa shape index (κ2) is 7.09. The molecular weight excluding hydrogens is 320 g/mol. The third kappa shape index (κ3) is 3.96. The van der Waals surface area contributed by atoms with Crippen LogP contribution < -0.4 is 10.6 Å². The van der Waals surface area contributed by atoms with Gasteiger partial charge in [0.2, 0.25) is 0 Å². The second-order valence-electron chi connectivity index (χ2n) is 5.33. The lowest BCUT2D eigenvalue weighted by Crippen LogP contribution is -2.47. The molecule has 2 atom stereocenters. The zero-order valence-electron chi connectivity index (χ0n) is 11.7. The molecule has 2 N–H and O–H groups in total. The Labute approximate surface area is 128 Å². The Bertz CT molecular complexity index is 467. The summed E-state index contributed by atoms with van der Waals surface area (Å²) in [6.45, 7) is 1.80. The van der Waals surface area contributed by atoms with E-state index < -0.39 is 0 Å². The van der Waals surface area contributed by atoms with Crippen LogP contribution in [-0.2, 0) is 9.53 Å². The third-order valence-corrected chi connectivity index (χ3v) is 4.42. The van der Waals surface area contributed by atoms with E-state index in [9.17, 15) is 4.79 Å². The van der Waals surface area contributed by atoms with E-state index in [-0.39, 0.29) is 12.0 Å². The number of ether oxygens (including phenoxy) is 1. The molecule has 0 saturated carbocycles. The van der Waals surface area contributed by atoms with Gasteiger partial charge in [-0.25, -0.2) is 0 Å². The number of anilines is 1. The largest absolute Gasteiger partial charge is 0.469 e. The van der Waals surface area contributed by atoms with Gasteiger partial charge in [0.15, 0.2) is 0 Å². The molecule has 20 heavy (non-hydrogen) atoms. The van der Waals surface area contributed by atoms with Crippen molar-refractivity contribution in [1.82, 2.24) is 0 Å². The van der Waals surface area contributed by atoms with Gasteiger partial charge in [-0.2, -0.15) is 0 Å². The van der Waals surface area contributed by atoms with Crippen LogP contribution in [0.2, 0.25) is 0 Å². The summed E-state index contributed by atoms with van der Waals surface area (Å²) in [5.41, 5.74) is 7.34. The summed E-state index contributed by atoms with van der Waals surface area (Å²) < 4.78 is 5.79. The van der Waals surface area contributed by atoms with Gasteiger partial charge in [-0.3, -0.25) is 4.79 Å². The molecule has 1 fully saturated rings. The first kappa shape index (κ1) is 15.3. The molecule has 2 rings (SSSR count). The topological polar surface area (TPSA) is 55.6 Å². The highest BCUT2D eigenvalue weighted by Crippen LogP contribution is 2.30. The van der Waals surface area contributed by atoms with Gasteiger partial charge in [-0.05, 0) is 46.8 Å². The van der Waals surface area contributed by atoms with Gasteiger partial charge in [-0.1, -0.05) is 12.1 Å². The number of halogens is 1. The minimum absolute atomic E-state index is 0.142. The van der Waals surface area contributed by atoms with Crippen molar-refractivity contribution in [3.8, 4) is 0 Å². The predicted molar refractivity (Wildman–Crippen MR) is 83.7 cm³/mol. The van der Waals surface area contributed by atoms with Gasteiger partial charge in [0.05, 0.1) is 12.8 Å². The highest BCUT2D eigenvalue weighted by atomic mass is 79.9. The lowest BCUT2D eigenvalue weighted by Gasteiger charge is -2.38. The Kier molecular flexibility index (Phi) is 5.43. The minimum Gasteiger partial charge on any atom is -0.469 e. The summed E-state index contributed by atoms with van der Waals surface area (Å²) in [6, 6.07) is 8.33. The molecule has 0 bridgehead atoms. The number of hydrogen-bond acceptors (Lipinski definition) is 4. The number of methoxy groups -OCH3 is 1. The monoisotopic (exact) mass is 340 g/mol. The van der Waals surface area contributed by atoms with Gasteiger partial charge in [-0.15, -0.1) is 0 Å². The fourth-order valence-electron chi connectivity index (χ4n) is 2.78. The number of hydrogen-bond donors (Lipinski definition) is 1. The molecule has 5 heteroatoms. The van der Waals surface area contributed by atoms with E-state index in [4.69, 9.17) is 10.5 Å². The van der Waals surface area contributed by atoms with Crippen LogP contribution in [0.5, 0.6) is 0 Å². The van der Waals surface area contributed by atoms with Crippen LogP contribution in [0.25, 0.3) is 0 Å². The normalized spacial score (nSPS) is 22.6. The number of rotatable bonds is 4. The van der Waals surface area contributed by atoms with Crippen LogP contribution >= 0.6 is 15.9 Å². The molecule has 0 aromatic heterocycles. The average Bonchev–Trinajstić information content (AvgIpc) is 2.44. The minimum atomic E-state index is -0.142. The zero-order chi connectivity index (χ0) is 14.5. The maximum Gasteiger partial charge on any atom is 0.305 e. The first-order valence-electron chi connectivity index (χ1n) is 6.92. The number of carbonyl (C=O) groups is 1. The van der Waals surface area contributed by atoms with Crippen molar-refractivity contribution in [2.75, 3.05) is 25.1 Å². The number of nitrogens with two attached hydrogens (primary N) is 1. The lowest BCUT2D eigenvalue weighted by molar-refractivity contribution is -0.140. The quantitative estimate of drug-likeness (QED) is 0.856. The first-order valence-corrected chi connectivity index (χ1v) is 7.71. The van der Waals surface area contributed by atoms with Crippen molar-refractivity contribution in [3.05, 3.63) is 28.7 Å². The molecule has 0 aliphatic carbocycles. The molecule has 1 aliphatic heterocycles. The highest BCUT2D eigenvalue weighted by molar-refractivity contribution is 9.10. The summed E-state index contributed by atoms with van der Waals surface area (Å²) in [4.78, 5) is 13.6. The second-order valence-corrected chi connectivity index (χ2v) is 6.19. The first-order chi connectivity index (χ1) is 9.60. The highest BCUT2D eigenvalue weighted by Gasteiger charge is 2.26. The molecule has 1 aliphatic rings. The van der Waals surface area contributed by atoms with E-state index in [1.54, 1.807) is 0 Å². The van der Waals surface area contributed by atoms with E-state index in [0.29, 0.717) is 12.3 Å². The Morgan fingerprint density at radius 2 is 2.20 bits per heavy atom. The Balaban J connectivity index is 2.01. The molecule has 0 radical (unpaired) electrons. The van der Waals surface area contributed by atoms with Crippen molar-refractivity contribution >= 4 is 27.6 Å². The Hall–Kier alpha value is -1.07. The van der Waals surface area contributed by atoms with Crippen LogP contribution in [0.3, 0.4) is 0 Å². The fraction of sp³-hybridized carbons (Fsp3) is 0.533. The van der Waals surface area contributed by atoms with E-state index >= 15 is 0 Å². The van der Waals surface area contributed by atoms with Crippen LogP contribution in [0, 0.1) is 5.92 Å². The summed E-state index contributed by atoms with van der Waals surface area (Å²) in [6.07, 6.45) is 2.27. The molecule has 110 valence electrons. The van der Waals surface area contributed by atoms with Gasteiger partial charge in [0.25, 0.3) is 0 Å². The Morgan fingerprint density at radius 1 is 1.45 bits per heavy atom. The van der Waals surface area contributed by atoms with Gasteiger partial charge in [0.1, 0.15) is 0 Å². The van der Waals surface area contributed by atoms with E-state index in [1.165, 1.54) is 12.8 Å². The summed E-state index contributed by atoms with van der Waals surface area (Å²) in [7, 11) is 1.43. The van der Waals surface area contributed by atoms with Gasteiger partial charge in [0, 0.05) is 30.0 Å². The van der Waals surface area contributed by atoms with Gasteiger partial charge < -0.3 is 15.4 Å². The van der Waals surface area contributed by atoms with Crippen molar-refractivity contribution in [1.29, 1.82) is 0 Å². The zero-order valence-corrected chi connectivity index (χ0v) is 13.3. The van der Waals surface area contributed by atoms with Crippen molar-refractivity contribution in [2.45, 2.75) is 25.3 Å². The van der Waals surface area contributed by atoms with Crippen LogP contribution in [0.1, 0.15) is 19.3 Å². The third-order valence-electron chi connectivity index (χ3n) is 3.75. The molecular formula is C15H21BrN2O2. The standard InChI is InChI=1S/C15H21BrN2O2/c1-20-15(19)7-6-11-8-12(17)10-18(9-11)14-5-3-2-4-13(14)16/h2-5,11-12H,6-10,17H2,1H3. The molecule has 0 spiro atoms. The van der Waals surface area contributed by atoms with Crippen molar-refractivity contribution in [3.63, 3.8) is 0 Å². The van der Waals surface area contributed by atoms with Crippen molar-refractivity contribution in [2.24, 2.45) is 11.7 Å². The van der Waals surface area contributed by atoms with Gasteiger partial charge >= 0.3 is 5.97 Å². The van der Waals surface area contributed by atoms with E-state index in [0.717, 1.165) is 30.4 Å². The average molecular weight is 341 g/mol. The van der Waals surface area contributed by atoms with E-state index in [2.05, 4.69) is 26.9 Å². The smallest absolute Gasteiger partial charge is 0.305 e. The number of nitrogens with zero attached hydrogens (tertiary/aromatic N) is 1. The molecule has 1 aromatic rings. The maximum atomic E-state index is 11.3. The number of carbonyl (C=O) groups excluding carboxylic acids is 1. The fourth-order valence-corrected chi connectivity index (χ4v) is 3.32. The van der Waals surface area contributed by atoms with Crippen LogP contribution in [-0.4, -0.2) is 32.2 Å². The van der Waals surface area contributed by atoms with E-state index in [1.807, 2.05) is 18.2 Å². The van der Waals surface area contributed by atoms with Crippen molar-refractivity contribution < 1.29 is 9.53 Å². The lowest BCUT2D eigenvalue weighted by atomic mass is 9.90. The summed E-state index contributed by atoms with van der Waals surface area (Å²) in [5, 5.41) is 0. The molecule has 1 heterocycles. The summed E-state index contributed by atoms with van der Waals surface area (Å²) in [5.74, 6) is 0.293. The SMILES string of the molecule is COC(=O)CCC1CC(N)CN(c2ccccc2Br)C1.